The van der Waals surface area contributed by atoms with Gasteiger partial charge >= 0.3 is 12.1 Å². The third kappa shape index (κ3) is 6.58. The number of hydrogen-bond donors (Lipinski definition) is 2. The number of nitrogens with one attached hydrogen (secondary N) is 1. The fourth-order valence-electron chi connectivity index (χ4n) is 4.80. The molecule has 0 radical (unpaired) electrons. The van der Waals surface area contributed by atoms with Crippen molar-refractivity contribution in [3.05, 3.63) is 95.6 Å². The van der Waals surface area contributed by atoms with Crippen molar-refractivity contribution in [3.63, 3.8) is 0 Å². The first-order chi connectivity index (χ1) is 18.5. The lowest BCUT2D eigenvalue weighted by atomic mass is 9.98. The molecule has 8 heteroatoms. The second kappa shape index (κ2) is 12.9. The van der Waals surface area contributed by atoms with E-state index in [1.807, 2.05) is 54.6 Å². The molecule has 0 fully saturated rings. The van der Waals surface area contributed by atoms with E-state index >= 15 is 0 Å². The first-order valence-electron chi connectivity index (χ1n) is 12.6. The molecule has 0 spiro atoms. The molecule has 1 aliphatic rings. The summed E-state index contributed by atoms with van der Waals surface area (Å²) in [4.78, 5) is 38.3. The Labute approximate surface area is 222 Å². The number of carbonyl (C=O) groups excluding carboxylic acids is 2. The monoisotopic (exact) mass is 516 g/mol. The third-order valence-corrected chi connectivity index (χ3v) is 6.70. The zero-order valence-corrected chi connectivity index (χ0v) is 21.3. The van der Waals surface area contributed by atoms with E-state index in [0.717, 1.165) is 27.8 Å². The highest BCUT2D eigenvalue weighted by molar-refractivity contribution is 5.82. The Balaban J connectivity index is 1.30. The number of aliphatic carboxylic acids is 1. The van der Waals surface area contributed by atoms with Gasteiger partial charge in [0.25, 0.3) is 5.91 Å². The van der Waals surface area contributed by atoms with E-state index in [0.29, 0.717) is 0 Å². The van der Waals surface area contributed by atoms with Crippen LogP contribution >= 0.6 is 0 Å². The lowest BCUT2D eigenvalue weighted by molar-refractivity contribution is -0.144. The minimum Gasteiger partial charge on any atom is -0.481 e. The van der Waals surface area contributed by atoms with Gasteiger partial charge in [-0.15, -0.1) is 0 Å². The maximum absolute atomic E-state index is 13.2. The number of alkyl carbamates (subject to hydrolysis) is 1. The molecule has 4 rings (SSSR count). The second-order valence-corrected chi connectivity index (χ2v) is 9.15. The molecule has 198 valence electrons. The molecule has 0 aromatic heterocycles. The summed E-state index contributed by atoms with van der Waals surface area (Å²) in [5, 5.41) is 11.8. The number of benzene rings is 3. The molecule has 0 saturated carbocycles. The average molecular weight is 517 g/mol. The highest BCUT2D eigenvalue weighted by atomic mass is 16.5. The Bertz CT molecular complexity index is 1220. The Kier molecular flexibility index (Phi) is 9.11. The van der Waals surface area contributed by atoms with Crippen LogP contribution in [0.2, 0.25) is 0 Å². The SMILES string of the molecule is COC(CCNC(=O)OCC1c2ccccc2-c2ccccc21)C(=O)N(CCC(=O)O)Cc1ccccc1. The van der Waals surface area contributed by atoms with Gasteiger partial charge in [-0.3, -0.25) is 9.59 Å². The van der Waals surface area contributed by atoms with Crippen molar-refractivity contribution in [2.24, 2.45) is 0 Å². The van der Waals surface area contributed by atoms with Gasteiger partial charge in [0.15, 0.2) is 0 Å². The maximum atomic E-state index is 13.2. The number of methoxy groups -OCH3 is 1. The van der Waals surface area contributed by atoms with Gasteiger partial charge in [0, 0.05) is 39.1 Å². The van der Waals surface area contributed by atoms with Crippen molar-refractivity contribution in [1.82, 2.24) is 10.2 Å². The van der Waals surface area contributed by atoms with E-state index in [1.165, 1.54) is 12.0 Å². The molecule has 3 aromatic rings. The third-order valence-electron chi connectivity index (χ3n) is 6.70. The molecule has 2 amide bonds. The van der Waals surface area contributed by atoms with Gasteiger partial charge in [-0.2, -0.15) is 0 Å². The van der Waals surface area contributed by atoms with Crippen LogP contribution in [0.1, 0.15) is 35.4 Å². The minimum absolute atomic E-state index is 0.0396. The Hall–Kier alpha value is -4.17. The number of hydrogen-bond acceptors (Lipinski definition) is 5. The van der Waals surface area contributed by atoms with E-state index in [1.54, 1.807) is 0 Å². The normalized spacial score (nSPS) is 12.8. The van der Waals surface area contributed by atoms with Crippen LogP contribution in [0.25, 0.3) is 11.1 Å². The number of carboxylic acid groups (broad SMARTS) is 1. The van der Waals surface area contributed by atoms with Gasteiger partial charge in [-0.05, 0) is 27.8 Å². The zero-order valence-electron chi connectivity index (χ0n) is 21.3. The summed E-state index contributed by atoms with van der Waals surface area (Å²) in [5.41, 5.74) is 5.46. The van der Waals surface area contributed by atoms with Gasteiger partial charge in [0.2, 0.25) is 0 Å². The van der Waals surface area contributed by atoms with Crippen molar-refractivity contribution in [2.45, 2.75) is 31.4 Å². The maximum Gasteiger partial charge on any atom is 0.407 e. The summed E-state index contributed by atoms with van der Waals surface area (Å²) in [5.74, 6) is -1.35. The predicted octanol–water partition coefficient (Wildman–Crippen LogP) is 4.43. The molecular formula is C30H32N2O6. The van der Waals surface area contributed by atoms with Crippen LogP contribution < -0.4 is 5.32 Å². The summed E-state index contributed by atoms with van der Waals surface area (Å²) in [7, 11) is 1.42. The zero-order chi connectivity index (χ0) is 26.9. The second-order valence-electron chi connectivity index (χ2n) is 9.15. The first-order valence-corrected chi connectivity index (χ1v) is 12.6. The van der Waals surface area contributed by atoms with Crippen LogP contribution in [-0.2, 0) is 25.6 Å². The Morgan fingerprint density at radius 2 is 1.53 bits per heavy atom. The molecule has 0 saturated heterocycles. The topological polar surface area (TPSA) is 105 Å². The van der Waals surface area contributed by atoms with Crippen molar-refractivity contribution in [1.29, 1.82) is 0 Å². The number of carboxylic acids is 1. The molecule has 0 bridgehead atoms. The molecule has 1 atom stereocenters. The standard InChI is InChI=1S/C30H32N2O6/c1-37-27(29(35)32(18-16-28(33)34)19-21-9-3-2-4-10-21)15-17-31-30(36)38-20-26-24-13-7-5-11-22(24)23-12-6-8-14-25(23)26/h2-14,26-27H,15-20H2,1H3,(H,31,36)(H,33,34). The van der Waals surface area contributed by atoms with E-state index < -0.39 is 18.2 Å². The Morgan fingerprint density at radius 1 is 0.921 bits per heavy atom. The number of amides is 2. The van der Waals surface area contributed by atoms with Crippen LogP contribution in [0.15, 0.2) is 78.9 Å². The summed E-state index contributed by atoms with van der Waals surface area (Å²) < 4.78 is 11.0. The lowest BCUT2D eigenvalue weighted by Gasteiger charge is -2.26. The molecule has 3 aromatic carbocycles. The van der Waals surface area contributed by atoms with Crippen LogP contribution in [0, 0.1) is 0 Å². The van der Waals surface area contributed by atoms with Crippen molar-refractivity contribution in [2.75, 3.05) is 26.8 Å². The molecule has 0 aliphatic heterocycles. The highest BCUT2D eigenvalue weighted by Gasteiger charge is 2.29. The van der Waals surface area contributed by atoms with Crippen molar-refractivity contribution in [3.8, 4) is 11.1 Å². The van der Waals surface area contributed by atoms with Gasteiger partial charge in [-0.1, -0.05) is 78.9 Å². The number of fused-ring (bicyclic) bond motifs is 3. The molecule has 2 N–H and O–H groups in total. The van der Waals surface area contributed by atoms with E-state index in [4.69, 9.17) is 14.6 Å². The summed E-state index contributed by atoms with van der Waals surface area (Å²) in [6.45, 7) is 0.695. The number of nitrogens with zero attached hydrogens (tertiary/aromatic N) is 1. The predicted molar refractivity (Wildman–Crippen MR) is 143 cm³/mol. The van der Waals surface area contributed by atoms with E-state index in [2.05, 4.69) is 29.6 Å². The van der Waals surface area contributed by atoms with Crippen LogP contribution in [0.5, 0.6) is 0 Å². The summed E-state index contributed by atoms with van der Waals surface area (Å²) >= 11 is 0. The van der Waals surface area contributed by atoms with E-state index in [-0.39, 0.29) is 50.9 Å². The molecule has 8 nitrogen and oxygen atoms in total. The Morgan fingerprint density at radius 3 is 2.13 bits per heavy atom. The average Bonchev–Trinajstić information content (AvgIpc) is 3.26. The molecule has 1 unspecified atom stereocenters. The molecule has 38 heavy (non-hydrogen) atoms. The fourth-order valence-corrected chi connectivity index (χ4v) is 4.80. The largest absolute Gasteiger partial charge is 0.481 e. The molecule has 0 heterocycles. The van der Waals surface area contributed by atoms with Crippen LogP contribution in [0.4, 0.5) is 4.79 Å². The smallest absolute Gasteiger partial charge is 0.407 e. The number of carbonyl (C=O) groups is 3. The quantitative estimate of drug-likeness (QED) is 0.369. The first kappa shape index (κ1) is 26.9. The summed E-state index contributed by atoms with van der Waals surface area (Å²) in [6, 6.07) is 25.6. The van der Waals surface area contributed by atoms with Crippen LogP contribution in [-0.4, -0.2) is 60.9 Å². The fraction of sp³-hybridized carbons (Fsp3) is 0.300. The molecular weight excluding hydrogens is 484 g/mol. The molecule has 1 aliphatic carbocycles. The van der Waals surface area contributed by atoms with Gasteiger partial charge < -0.3 is 24.8 Å². The minimum atomic E-state index is -0.984. The van der Waals surface area contributed by atoms with Crippen LogP contribution in [0.3, 0.4) is 0 Å². The van der Waals surface area contributed by atoms with Crippen molar-refractivity contribution < 1.29 is 29.0 Å². The number of ether oxygens (including phenoxy) is 2. The summed E-state index contributed by atoms with van der Waals surface area (Å²) in [6.07, 6.45) is -1.35. The van der Waals surface area contributed by atoms with Gasteiger partial charge in [-0.25, -0.2) is 4.79 Å². The van der Waals surface area contributed by atoms with Crippen molar-refractivity contribution >= 4 is 18.0 Å². The lowest BCUT2D eigenvalue weighted by Crippen LogP contribution is -2.42. The van der Waals surface area contributed by atoms with Gasteiger partial charge in [0.1, 0.15) is 12.7 Å². The number of rotatable bonds is 12. The highest BCUT2D eigenvalue weighted by Crippen LogP contribution is 2.44. The van der Waals surface area contributed by atoms with E-state index in [9.17, 15) is 14.4 Å². The van der Waals surface area contributed by atoms with Gasteiger partial charge in [0.05, 0.1) is 6.42 Å².